The summed E-state index contributed by atoms with van der Waals surface area (Å²) < 4.78 is 6.48. The number of thiophene rings is 1. The lowest BCUT2D eigenvalue weighted by Gasteiger charge is -2.15. The van der Waals surface area contributed by atoms with Crippen molar-refractivity contribution in [2.75, 3.05) is 20.1 Å². The van der Waals surface area contributed by atoms with Gasteiger partial charge in [0.05, 0.1) is 12.8 Å². The van der Waals surface area contributed by atoms with Gasteiger partial charge in [0.2, 0.25) is 0 Å². The zero-order chi connectivity index (χ0) is 12.8. The minimum Gasteiger partial charge on any atom is -0.468 e. The summed E-state index contributed by atoms with van der Waals surface area (Å²) in [6.45, 7) is 3.78. The highest BCUT2D eigenvalue weighted by Crippen LogP contribution is 2.19. The van der Waals surface area contributed by atoms with Crippen molar-refractivity contribution in [3.63, 3.8) is 0 Å². The van der Waals surface area contributed by atoms with Crippen LogP contribution in [-0.2, 0) is 13.1 Å². The fourth-order valence-electron chi connectivity index (χ4n) is 1.68. The topological polar surface area (TPSA) is 28.4 Å². The predicted molar refractivity (Wildman–Crippen MR) is 78.8 cm³/mol. The highest BCUT2D eigenvalue weighted by atomic mass is 79.9. The van der Waals surface area contributed by atoms with Gasteiger partial charge in [0.1, 0.15) is 5.76 Å². The van der Waals surface area contributed by atoms with E-state index in [2.05, 4.69) is 44.6 Å². The van der Waals surface area contributed by atoms with Crippen LogP contribution in [0.2, 0.25) is 0 Å². The number of nitrogens with one attached hydrogen (secondary N) is 1. The standard InChI is InChI=1S/C13H17BrN2OS/c1-16(9-12-3-2-6-17-12)5-4-15-8-13-7-11(14)10-18-13/h2-3,6-7,10,15H,4-5,8-9H2,1H3. The van der Waals surface area contributed by atoms with Gasteiger partial charge in [-0.3, -0.25) is 4.90 Å². The van der Waals surface area contributed by atoms with E-state index in [1.807, 2.05) is 12.1 Å². The summed E-state index contributed by atoms with van der Waals surface area (Å²) in [5, 5.41) is 5.55. The van der Waals surface area contributed by atoms with Crippen LogP contribution < -0.4 is 5.32 Å². The maximum absolute atomic E-state index is 5.32. The van der Waals surface area contributed by atoms with Crippen LogP contribution in [0, 0.1) is 0 Å². The third kappa shape index (κ3) is 4.57. The first-order valence-corrected chi connectivity index (χ1v) is 7.56. The van der Waals surface area contributed by atoms with Gasteiger partial charge in [0.25, 0.3) is 0 Å². The largest absolute Gasteiger partial charge is 0.468 e. The number of furan rings is 1. The second-order valence-corrected chi connectivity index (χ2v) is 6.14. The second kappa shape index (κ2) is 7.09. The van der Waals surface area contributed by atoms with E-state index in [0.717, 1.165) is 31.9 Å². The van der Waals surface area contributed by atoms with E-state index in [1.165, 1.54) is 9.35 Å². The van der Waals surface area contributed by atoms with Crippen LogP contribution >= 0.6 is 27.3 Å². The summed E-state index contributed by atoms with van der Waals surface area (Å²) in [4.78, 5) is 3.60. The van der Waals surface area contributed by atoms with E-state index in [1.54, 1.807) is 17.6 Å². The normalized spacial score (nSPS) is 11.3. The lowest BCUT2D eigenvalue weighted by Crippen LogP contribution is -2.28. The van der Waals surface area contributed by atoms with Gasteiger partial charge in [-0.25, -0.2) is 0 Å². The highest BCUT2D eigenvalue weighted by molar-refractivity contribution is 9.10. The Hall–Kier alpha value is -0.620. The zero-order valence-electron chi connectivity index (χ0n) is 10.4. The number of hydrogen-bond acceptors (Lipinski definition) is 4. The Bertz CT molecular complexity index is 455. The molecule has 0 aliphatic heterocycles. The van der Waals surface area contributed by atoms with Crippen LogP contribution in [-0.4, -0.2) is 25.0 Å². The molecule has 0 spiro atoms. The van der Waals surface area contributed by atoms with E-state index in [0.29, 0.717) is 0 Å². The van der Waals surface area contributed by atoms with Crippen molar-refractivity contribution in [2.24, 2.45) is 0 Å². The summed E-state index contributed by atoms with van der Waals surface area (Å²) in [5.74, 6) is 1.01. The molecule has 0 saturated carbocycles. The van der Waals surface area contributed by atoms with E-state index in [4.69, 9.17) is 4.42 Å². The van der Waals surface area contributed by atoms with E-state index in [-0.39, 0.29) is 0 Å². The molecule has 0 atom stereocenters. The summed E-state index contributed by atoms with van der Waals surface area (Å²) in [5.41, 5.74) is 0. The van der Waals surface area contributed by atoms with Crippen LogP contribution in [0.25, 0.3) is 0 Å². The molecule has 3 nitrogen and oxygen atoms in total. The van der Waals surface area contributed by atoms with Crippen molar-refractivity contribution >= 4 is 27.3 Å². The van der Waals surface area contributed by atoms with Gasteiger partial charge in [-0.2, -0.15) is 0 Å². The average molecular weight is 329 g/mol. The minimum atomic E-state index is 0.860. The molecule has 98 valence electrons. The lowest BCUT2D eigenvalue weighted by atomic mass is 10.4. The molecule has 18 heavy (non-hydrogen) atoms. The number of likely N-dealkylation sites (N-methyl/N-ethyl adjacent to an activating group) is 1. The van der Waals surface area contributed by atoms with Gasteiger partial charge in [0, 0.05) is 34.4 Å². The van der Waals surface area contributed by atoms with Crippen LogP contribution in [0.1, 0.15) is 10.6 Å². The summed E-state index contributed by atoms with van der Waals surface area (Å²) in [7, 11) is 2.10. The average Bonchev–Trinajstić information content (AvgIpc) is 2.96. The zero-order valence-corrected chi connectivity index (χ0v) is 12.8. The molecule has 0 radical (unpaired) electrons. The monoisotopic (exact) mass is 328 g/mol. The van der Waals surface area contributed by atoms with Crippen LogP contribution in [0.15, 0.2) is 38.7 Å². The van der Waals surface area contributed by atoms with E-state index in [9.17, 15) is 0 Å². The molecule has 2 aromatic heterocycles. The maximum Gasteiger partial charge on any atom is 0.117 e. The molecule has 2 aromatic rings. The molecule has 0 amide bonds. The SMILES string of the molecule is CN(CCNCc1cc(Br)cs1)Cc1ccco1. The Morgan fingerprint density at radius 2 is 2.39 bits per heavy atom. The fraction of sp³-hybridized carbons (Fsp3) is 0.385. The summed E-state index contributed by atoms with van der Waals surface area (Å²) >= 11 is 5.24. The Labute approximate surface area is 120 Å². The first-order valence-electron chi connectivity index (χ1n) is 5.88. The second-order valence-electron chi connectivity index (χ2n) is 4.23. The fourth-order valence-corrected chi connectivity index (χ4v) is 3.10. The van der Waals surface area contributed by atoms with Gasteiger partial charge < -0.3 is 9.73 Å². The van der Waals surface area contributed by atoms with Crippen molar-refractivity contribution in [3.05, 3.63) is 45.0 Å². The quantitative estimate of drug-likeness (QED) is 0.790. The van der Waals surface area contributed by atoms with Gasteiger partial charge in [-0.15, -0.1) is 11.3 Å². The Balaban J connectivity index is 1.60. The Morgan fingerprint density at radius 1 is 1.50 bits per heavy atom. The molecule has 0 fully saturated rings. The van der Waals surface area contributed by atoms with E-state index >= 15 is 0 Å². The van der Waals surface area contributed by atoms with Crippen LogP contribution in [0.3, 0.4) is 0 Å². The molecule has 0 aliphatic rings. The van der Waals surface area contributed by atoms with Crippen molar-refractivity contribution < 1.29 is 4.42 Å². The first kappa shape index (κ1) is 13.8. The van der Waals surface area contributed by atoms with Crippen LogP contribution in [0.4, 0.5) is 0 Å². The van der Waals surface area contributed by atoms with Crippen molar-refractivity contribution in [1.82, 2.24) is 10.2 Å². The molecule has 0 aliphatic carbocycles. The molecule has 0 aromatic carbocycles. The van der Waals surface area contributed by atoms with Crippen molar-refractivity contribution in [2.45, 2.75) is 13.1 Å². The van der Waals surface area contributed by atoms with Crippen molar-refractivity contribution in [3.8, 4) is 0 Å². The van der Waals surface area contributed by atoms with Gasteiger partial charge >= 0.3 is 0 Å². The third-order valence-corrected chi connectivity index (χ3v) is 4.29. The smallest absolute Gasteiger partial charge is 0.117 e. The number of halogens is 1. The molecule has 0 unspecified atom stereocenters. The molecule has 2 heterocycles. The molecular weight excluding hydrogens is 312 g/mol. The first-order chi connectivity index (χ1) is 8.74. The van der Waals surface area contributed by atoms with E-state index < -0.39 is 0 Å². The molecule has 5 heteroatoms. The van der Waals surface area contributed by atoms with Gasteiger partial charge in [-0.05, 0) is 41.2 Å². The minimum absolute atomic E-state index is 0.860. The predicted octanol–water partition coefficient (Wildman–Crippen LogP) is 3.33. The highest BCUT2D eigenvalue weighted by Gasteiger charge is 2.02. The summed E-state index contributed by atoms with van der Waals surface area (Å²) in [6.07, 6.45) is 1.72. The Morgan fingerprint density at radius 3 is 3.06 bits per heavy atom. The van der Waals surface area contributed by atoms with Crippen LogP contribution in [0.5, 0.6) is 0 Å². The number of nitrogens with zero attached hydrogens (tertiary/aromatic N) is 1. The molecule has 0 bridgehead atoms. The third-order valence-electron chi connectivity index (χ3n) is 2.60. The summed E-state index contributed by atoms with van der Waals surface area (Å²) in [6, 6.07) is 6.09. The molecule has 0 saturated heterocycles. The number of rotatable bonds is 7. The lowest BCUT2D eigenvalue weighted by molar-refractivity contribution is 0.294. The number of hydrogen-bond donors (Lipinski definition) is 1. The van der Waals surface area contributed by atoms with Gasteiger partial charge in [-0.1, -0.05) is 0 Å². The molecule has 1 N–H and O–H groups in total. The Kier molecular flexibility index (Phi) is 5.44. The maximum atomic E-state index is 5.32. The van der Waals surface area contributed by atoms with Crippen molar-refractivity contribution in [1.29, 1.82) is 0 Å². The molecule has 2 rings (SSSR count). The molecular formula is C13H17BrN2OS. The van der Waals surface area contributed by atoms with Gasteiger partial charge in [0.15, 0.2) is 0 Å².